The van der Waals surface area contributed by atoms with Gasteiger partial charge >= 0.3 is 0 Å². The zero-order valence-electron chi connectivity index (χ0n) is 10.4. The molecule has 19 heavy (non-hydrogen) atoms. The zero-order valence-corrected chi connectivity index (χ0v) is 13.4. The van der Waals surface area contributed by atoms with Gasteiger partial charge in [0, 0.05) is 14.0 Å². The Kier molecular flexibility index (Phi) is 5.27. The minimum Gasteiger partial charge on any atom is -0.497 e. The summed E-state index contributed by atoms with van der Waals surface area (Å²) in [4.78, 5) is 13.1. The van der Waals surface area contributed by atoms with E-state index >= 15 is 0 Å². The molecular formula is C15H13IO2S. The van der Waals surface area contributed by atoms with Crippen LogP contribution in [0.25, 0.3) is 0 Å². The molecule has 0 radical (unpaired) electrons. The van der Waals surface area contributed by atoms with Gasteiger partial charge in [-0.3, -0.25) is 4.79 Å². The Morgan fingerprint density at radius 3 is 2.63 bits per heavy atom. The molecule has 4 heteroatoms. The monoisotopic (exact) mass is 384 g/mol. The fraction of sp³-hybridized carbons (Fsp3) is 0.133. The number of methoxy groups -OCH3 is 1. The van der Waals surface area contributed by atoms with Gasteiger partial charge in [0.2, 0.25) is 0 Å². The lowest BCUT2D eigenvalue weighted by atomic mass is 10.2. The van der Waals surface area contributed by atoms with Crippen LogP contribution >= 0.6 is 34.4 Å². The average Bonchev–Trinajstić information content (AvgIpc) is 2.46. The first-order chi connectivity index (χ1) is 9.19. The molecule has 0 N–H and O–H groups in total. The Morgan fingerprint density at radius 1 is 1.21 bits per heavy atom. The number of hydrogen-bond acceptors (Lipinski definition) is 3. The third kappa shape index (κ3) is 4.24. The number of hydrogen-bond donors (Lipinski definition) is 0. The predicted molar refractivity (Wildman–Crippen MR) is 87.2 cm³/mol. The lowest BCUT2D eigenvalue weighted by molar-refractivity contribution is 0.102. The third-order valence-electron chi connectivity index (χ3n) is 2.58. The number of ether oxygens (including phenoxy) is 1. The smallest absolute Gasteiger partial charge is 0.173 e. The molecule has 2 rings (SSSR count). The van der Waals surface area contributed by atoms with E-state index in [1.807, 2.05) is 48.5 Å². The Labute approximate surface area is 130 Å². The van der Waals surface area contributed by atoms with E-state index in [1.165, 1.54) is 11.8 Å². The highest BCUT2D eigenvalue weighted by Gasteiger charge is 2.06. The van der Waals surface area contributed by atoms with Crippen molar-refractivity contribution in [3.05, 3.63) is 57.7 Å². The molecule has 0 spiro atoms. The van der Waals surface area contributed by atoms with Gasteiger partial charge in [0.15, 0.2) is 5.78 Å². The Balaban J connectivity index is 1.98. The Hall–Kier alpha value is -1.01. The van der Waals surface area contributed by atoms with Crippen molar-refractivity contribution in [1.29, 1.82) is 0 Å². The number of thioether (sulfide) groups is 1. The summed E-state index contributed by atoms with van der Waals surface area (Å²) in [6, 6.07) is 15.4. The molecule has 98 valence electrons. The minimum atomic E-state index is 0.143. The molecule has 0 unspecified atom stereocenters. The van der Waals surface area contributed by atoms with Crippen molar-refractivity contribution in [2.24, 2.45) is 0 Å². The molecular weight excluding hydrogens is 371 g/mol. The number of carbonyl (C=O) groups is 1. The number of ketones is 1. The van der Waals surface area contributed by atoms with Crippen LogP contribution in [0.2, 0.25) is 0 Å². The van der Waals surface area contributed by atoms with Crippen LogP contribution in [-0.4, -0.2) is 18.6 Å². The van der Waals surface area contributed by atoms with Crippen molar-refractivity contribution < 1.29 is 9.53 Å². The highest BCUT2D eigenvalue weighted by molar-refractivity contribution is 14.1. The van der Waals surface area contributed by atoms with E-state index in [1.54, 1.807) is 7.11 Å². The van der Waals surface area contributed by atoms with Crippen LogP contribution in [0.5, 0.6) is 5.75 Å². The SMILES string of the molecule is COc1cccc(SCC(=O)c2ccc(I)cc2)c1. The maximum Gasteiger partial charge on any atom is 0.173 e. The largest absolute Gasteiger partial charge is 0.497 e. The van der Waals surface area contributed by atoms with Gasteiger partial charge in [0.1, 0.15) is 5.75 Å². The quantitative estimate of drug-likeness (QED) is 0.438. The summed E-state index contributed by atoms with van der Waals surface area (Å²) in [7, 11) is 1.64. The van der Waals surface area contributed by atoms with Gasteiger partial charge in [-0.05, 0) is 52.9 Å². The Bertz CT molecular complexity index is 567. The van der Waals surface area contributed by atoms with E-state index in [4.69, 9.17) is 4.74 Å². The molecule has 0 heterocycles. The minimum absolute atomic E-state index is 0.143. The number of Topliss-reactive ketones (excluding diaryl/α,β-unsaturated/α-hetero) is 1. The molecule has 2 aromatic carbocycles. The van der Waals surface area contributed by atoms with Gasteiger partial charge in [0.25, 0.3) is 0 Å². The molecule has 0 saturated heterocycles. The number of benzene rings is 2. The van der Waals surface area contributed by atoms with Crippen molar-refractivity contribution in [3.8, 4) is 5.75 Å². The van der Waals surface area contributed by atoms with Crippen molar-refractivity contribution >= 4 is 40.1 Å². The van der Waals surface area contributed by atoms with E-state index in [2.05, 4.69) is 22.6 Å². The molecule has 0 atom stereocenters. The first kappa shape index (κ1) is 14.4. The number of rotatable bonds is 5. The lowest BCUT2D eigenvalue weighted by Crippen LogP contribution is -2.02. The standard InChI is InChI=1S/C15H13IO2S/c1-18-13-3-2-4-14(9-13)19-10-15(17)11-5-7-12(16)8-6-11/h2-9H,10H2,1H3. The second-order valence-electron chi connectivity index (χ2n) is 3.90. The highest BCUT2D eigenvalue weighted by Crippen LogP contribution is 2.23. The highest BCUT2D eigenvalue weighted by atomic mass is 127. The topological polar surface area (TPSA) is 26.3 Å². The Morgan fingerprint density at radius 2 is 1.95 bits per heavy atom. The second-order valence-corrected chi connectivity index (χ2v) is 6.19. The summed E-state index contributed by atoms with van der Waals surface area (Å²) >= 11 is 3.75. The summed E-state index contributed by atoms with van der Waals surface area (Å²) in [6.07, 6.45) is 0. The summed E-state index contributed by atoms with van der Waals surface area (Å²) in [5.74, 6) is 1.39. The van der Waals surface area contributed by atoms with Gasteiger partial charge in [-0.1, -0.05) is 18.2 Å². The molecule has 0 amide bonds. The van der Waals surface area contributed by atoms with Gasteiger partial charge in [-0.25, -0.2) is 0 Å². The molecule has 0 aliphatic rings. The molecule has 0 bridgehead atoms. The summed E-state index contributed by atoms with van der Waals surface area (Å²) in [5.41, 5.74) is 0.760. The van der Waals surface area contributed by atoms with Crippen LogP contribution in [0.1, 0.15) is 10.4 Å². The van der Waals surface area contributed by atoms with Crippen molar-refractivity contribution in [2.75, 3.05) is 12.9 Å². The molecule has 2 aromatic rings. The fourth-order valence-electron chi connectivity index (χ4n) is 1.56. The van der Waals surface area contributed by atoms with Crippen molar-refractivity contribution in [3.63, 3.8) is 0 Å². The summed E-state index contributed by atoms with van der Waals surface area (Å²) in [5, 5.41) is 0. The van der Waals surface area contributed by atoms with E-state index < -0.39 is 0 Å². The predicted octanol–water partition coefficient (Wildman–Crippen LogP) is 4.27. The van der Waals surface area contributed by atoms with Gasteiger partial charge in [-0.2, -0.15) is 0 Å². The number of halogens is 1. The summed E-state index contributed by atoms with van der Waals surface area (Å²) < 4.78 is 6.29. The first-order valence-corrected chi connectivity index (χ1v) is 7.81. The van der Waals surface area contributed by atoms with Gasteiger partial charge in [0.05, 0.1) is 12.9 Å². The molecule has 0 aliphatic carbocycles. The molecule has 0 fully saturated rings. The second kappa shape index (κ2) is 6.96. The van der Waals surface area contributed by atoms with Crippen molar-refractivity contribution in [2.45, 2.75) is 4.90 Å². The average molecular weight is 384 g/mol. The molecule has 0 aliphatic heterocycles. The lowest BCUT2D eigenvalue weighted by Gasteiger charge is -2.04. The molecule has 0 saturated carbocycles. The first-order valence-electron chi connectivity index (χ1n) is 5.74. The van der Waals surface area contributed by atoms with Crippen LogP contribution in [0, 0.1) is 3.57 Å². The van der Waals surface area contributed by atoms with Crippen LogP contribution < -0.4 is 4.74 Å². The third-order valence-corrected chi connectivity index (χ3v) is 4.29. The molecule has 2 nitrogen and oxygen atoms in total. The van der Waals surface area contributed by atoms with E-state index in [0.29, 0.717) is 5.75 Å². The maximum absolute atomic E-state index is 12.0. The summed E-state index contributed by atoms with van der Waals surface area (Å²) in [6.45, 7) is 0. The normalized spacial score (nSPS) is 10.2. The van der Waals surface area contributed by atoms with Crippen LogP contribution in [0.15, 0.2) is 53.4 Å². The van der Waals surface area contributed by atoms with E-state index in [9.17, 15) is 4.79 Å². The van der Waals surface area contributed by atoms with E-state index in [0.717, 1.165) is 19.8 Å². The maximum atomic E-state index is 12.0. The number of carbonyl (C=O) groups excluding carboxylic acids is 1. The van der Waals surface area contributed by atoms with Crippen LogP contribution in [-0.2, 0) is 0 Å². The van der Waals surface area contributed by atoms with Crippen molar-refractivity contribution in [1.82, 2.24) is 0 Å². The van der Waals surface area contributed by atoms with Gasteiger partial charge in [-0.15, -0.1) is 11.8 Å². The molecule has 0 aromatic heterocycles. The van der Waals surface area contributed by atoms with Gasteiger partial charge < -0.3 is 4.74 Å². The van der Waals surface area contributed by atoms with Crippen LogP contribution in [0.3, 0.4) is 0 Å². The zero-order chi connectivity index (χ0) is 13.7. The van der Waals surface area contributed by atoms with E-state index in [-0.39, 0.29) is 5.78 Å². The fourth-order valence-corrected chi connectivity index (χ4v) is 2.76. The van der Waals surface area contributed by atoms with Crippen LogP contribution in [0.4, 0.5) is 0 Å².